The fourth-order valence-corrected chi connectivity index (χ4v) is 2.49. The zero-order valence-corrected chi connectivity index (χ0v) is 14.2. The third-order valence-corrected chi connectivity index (χ3v) is 3.48. The highest BCUT2D eigenvalue weighted by Gasteiger charge is 2.05. The molecule has 2 aromatic rings. The molecule has 0 aliphatic rings. The lowest BCUT2D eigenvalue weighted by Crippen LogP contribution is -2.19. The summed E-state index contributed by atoms with van der Waals surface area (Å²) in [6, 6.07) is 12.9. The normalized spacial score (nSPS) is 10.8. The fraction of sp³-hybridized carbons (Fsp3) is 0.188. The van der Waals surface area contributed by atoms with E-state index < -0.39 is 16.1 Å². The lowest BCUT2D eigenvalue weighted by atomic mass is 10.3. The number of urea groups is 1. The number of ether oxygens (including phenoxy) is 1. The van der Waals surface area contributed by atoms with Crippen LogP contribution in [-0.2, 0) is 10.0 Å². The molecule has 3 N–H and O–H groups in total. The minimum absolute atomic E-state index is 0.400. The molecule has 0 saturated carbocycles. The van der Waals surface area contributed by atoms with Crippen LogP contribution in [0.2, 0.25) is 0 Å². The van der Waals surface area contributed by atoms with Crippen LogP contribution in [0.1, 0.15) is 6.92 Å². The topological polar surface area (TPSA) is 96.5 Å². The van der Waals surface area contributed by atoms with E-state index in [1.165, 1.54) is 0 Å². The van der Waals surface area contributed by atoms with Gasteiger partial charge in [-0.2, -0.15) is 0 Å². The summed E-state index contributed by atoms with van der Waals surface area (Å²) in [4.78, 5) is 11.9. The maximum Gasteiger partial charge on any atom is 0.323 e. The molecule has 0 saturated heterocycles. The van der Waals surface area contributed by atoms with Crippen LogP contribution in [0.4, 0.5) is 21.9 Å². The molecule has 2 aromatic carbocycles. The van der Waals surface area contributed by atoms with Crippen LogP contribution in [-0.4, -0.2) is 27.3 Å². The summed E-state index contributed by atoms with van der Waals surface area (Å²) < 4.78 is 29.9. The predicted molar refractivity (Wildman–Crippen MR) is 95.2 cm³/mol. The van der Waals surface area contributed by atoms with Gasteiger partial charge in [0.2, 0.25) is 10.0 Å². The Balaban J connectivity index is 1.92. The molecule has 8 heteroatoms. The van der Waals surface area contributed by atoms with Crippen LogP contribution >= 0.6 is 0 Å². The van der Waals surface area contributed by atoms with Crippen molar-refractivity contribution in [2.45, 2.75) is 6.92 Å². The van der Waals surface area contributed by atoms with E-state index in [9.17, 15) is 13.2 Å². The Bertz CT molecular complexity index is 787. The first kappa shape index (κ1) is 17.6. The van der Waals surface area contributed by atoms with E-state index in [0.717, 1.165) is 12.0 Å². The predicted octanol–water partition coefficient (Wildman–Crippen LogP) is 3.10. The van der Waals surface area contributed by atoms with E-state index in [1.807, 2.05) is 6.92 Å². The molecular formula is C16H19N3O4S. The van der Waals surface area contributed by atoms with Gasteiger partial charge in [0.25, 0.3) is 0 Å². The number of carbonyl (C=O) groups excluding carboxylic acids is 1. The van der Waals surface area contributed by atoms with Crippen molar-refractivity contribution in [1.82, 2.24) is 0 Å². The van der Waals surface area contributed by atoms with Gasteiger partial charge in [-0.05, 0) is 55.5 Å². The fourth-order valence-electron chi connectivity index (χ4n) is 1.93. The Hall–Kier alpha value is -2.74. The Labute approximate surface area is 141 Å². The van der Waals surface area contributed by atoms with Crippen molar-refractivity contribution in [1.29, 1.82) is 0 Å². The van der Waals surface area contributed by atoms with E-state index in [-0.39, 0.29) is 0 Å². The summed E-state index contributed by atoms with van der Waals surface area (Å²) in [6.07, 6.45) is 1.07. The van der Waals surface area contributed by atoms with Crippen LogP contribution in [0.5, 0.6) is 5.75 Å². The quantitative estimate of drug-likeness (QED) is 0.746. The number of rotatable bonds is 6. The number of sulfonamides is 1. The third kappa shape index (κ3) is 5.81. The van der Waals surface area contributed by atoms with E-state index in [2.05, 4.69) is 15.4 Å². The maximum absolute atomic E-state index is 11.9. The van der Waals surface area contributed by atoms with Crippen molar-refractivity contribution < 1.29 is 17.9 Å². The summed E-state index contributed by atoms with van der Waals surface area (Å²) in [5, 5.41) is 5.36. The minimum Gasteiger partial charge on any atom is -0.494 e. The molecule has 0 aliphatic heterocycles. The van der Waals surface area contributed by atoms with Crippen molar-refractivity contribution in [2.75, 3.05) is 28.2 Å². The van der Waals surface area contributed by atoms with Crippen LogP contribution < -0.4 is 20.1 Å². The SMILES string of the molecule is CCOc1ccc(NC(=O)Nc2ccc(NS(C)(=O)=O)cc2)cc1. The summed E-state index contributed by atoms with van der Waals surface area (Å²) in [5.74, 6) is 0.734. The van der Waals surface area contributed by atoms with Crippen molar-refractivity contribution in [3.05, 3.63) is 48.5 Å². The maximum atomic E-state index is 11.9. The molecule has 0 heterocycles. The molecule has 0 unspecified atom stereocenters. The van der Waals surface area contributed by atoms with Gasteiger partial charge in [-0.3, -0.25) is 4.72 Å². The van der Waals surface area contributed by atoms with Crippen molar-refractivity contribution in [3.8, 4) is 5.75 Å². The minimum atomic E-state index is -3.32. The van der Waals surface area contributed by atoms with Crippen molar-refractivity contribution in [2.24, 2.45) is 0 Å². The molecule has 2 rings (SSSR count). The van der Waals surface area contributed by atoms with Gasteiger partial charge in [-0.1, -0.05) is 0 Å². The number of hydrogen-bond donors (Lipinski definition) is 3. The molecule has 0 atom stereocenters. The van der Waals surface area contributed by atoms with Crippen LogP contribution in [0.3, 0.4) is 0 Å². The molecule has 0 fully saturated rings. The molecule has 0 aliphatic carbocycles. The van der Waals surface area contributed by atoms with E-state index in [0.29, 0.717) is 23.7 Å². The second kappa shape index (κ2) is 7.69. The Morgan fingerprint density at radius 1 is 0.917 bits per heavy atom. The second-order valence-corrected chi connectivity index (χ2v) is 6.74. The number of amides is 2. The first-order valence-electron chi connectivity index (χ1n) is 7.24. The summed E-state index contributed by atoms with van der Waals surface area (Å²) in [7, 11) is -3.32. The summed E-state index contributed by atoms with van der Waals surface area (Å²) >= 11 is 0. The number of benzene rings is 2. The average Bonchev–Trinajstić information content (AvgIpc) is 2.50. The van der Waals surface area contributed by atoms with Gasteiger partial charge in [0.15, 0.2) is 0 Å². The first-order chi connectivity index (χ1) is 11.4. The van der Waals surface area contributed by atoms with Crippen LogP contribution in [0.15, 0.2) is 48.5 Å². The van der Waals surface area contributed by atoms with Gasteiger partial charge >= 0.3 is 6.03 Å². The van der Waals surface area contributed by atoms with Crippen LogP contribution in [0.25, 0.3) is 0 Å². The van der Waals surface area contributed by atoms with Gasteiger partial charge < -0.3 is 15.4 Å². The molecule has 0 radical (unpaired) electrons. The number of hydrogen-bond acceptors (Lipinski definition) is 4. The van der Waals surface area contributed by atoms with Gasteiger partial charge in [0, 0.05) is 17.1 Å². The van der Waals surface area contributed by atoms with Crippen molar-refractivity contribution >= 4 is 33.1 Å². The average molecular weight is 349 g/mol. The molecule has 0 aromatic heterocycles. The summed E-state index contributed by atoms with van der Waals surface area (Å²) in [5.41, 5.74) is 1.60. The second-order valence-electron chi connectivity index (χ2n) is 4.99. The Kier molecular flexibility index (Phi) is 5.64. The standard InChI is InChI=1S/C16H19N3O4S/c1-3-23-15-10-8-13(9-11-15)18-16(20)17-12-4-6-14(7-5-12)19-24(2,21)22/h4-11,19H,3H2,1-2H3,(H2,17,18,20). The van der Waals surface area contributed by atoms with E-state index in [4.69, 9.17) is 4.74 Å². The third-order valence-electron chi connectivity index (χ3n) is 2.87. The van der Waals surface area contributed by atoms with Gasteiger partial charge in [-0.25, -0.2) is 13.2 Å². The number of nitrogens with one attached hydrogen (secondary N) is 3. The highest BCUT2D eigenvalue weighted by molar-refractivity contribution is 7.92. The zero-order valence-electron chi connectivity index (χ0n) is 13.4. The lowest BCUT2D eigenvalue weighted by Gasteiger charge is -2.09. The smallest absolute Gasteiger partial charge is 0.323 e. The van der Waals surface area contributed by atoms with Gasteiger partial charge in [0.05, 0.1) is 12.9 Å². The number of carbonyl (C=O) groups is 1. The molecule has 2 amide bonds. The van der Waals surface area contributed by atoms with Gasteiger partial charge in [0.1, 0.15) is 5.75 Å². The number of anilines is 3. The lowest BCUT2D eigenvalue weighted by molar-refractivity contribution is 0.262. The van der Waals surface area contributed by atoms with E-state index in [1.54, 1.807) is 48.5 Å². The molecule has 7 nitrogen and oxygen atoms in total. The largest absolute Gasteiger partial charge is 0.494 e. The first-order valence-corrected chi connectivity index (χ1v) is 9.13. The Morgan fingerprint density at radius 2 is 1.38 bits per heavy atom. The molecule has 0 spiro atoms. The molecular weight excluding hydrogens is 330 g/mol. The van der Waals surface area contributed by atoms with Crippen LogP contribution in [0, 0.1) is 0 Å². The Morgan fingerprint density at radius 3 is 1.83 bits per heavy atom. The summed E-state index contributed by atoms with van der Waals surface area (Å²) in [6.45, 7) is 2.48. The zero-order chi connectivity index (χ0) is 17.6. The van der Waals surface area contributed by atoms with E-state index >= 15 is 0 Å². The highest BCUT2D eigenvalue weighted by Crippen LogP contribution is 2.17. The van der Waals surface area contributed by atoms with Gasteiger partial charge in [-0.15, -0.1) is 0 Å². The molecule has 0 bridgehead atoms. The molecule has 24 heavy (non-hydrogen) atoms. The monoisotopic (exact) mass is 349 g/mol. The highest BCUT2D eigenvalue weighted by atomic mass is 32.2. The van der Waals surface area contributed by atoms with Crippen molar-refractivity contribution in [3.63, 3.8) is 0 Å². The molecule has 128 valence electrons.